The molecule has 1 amide bonds. The third-order valence-electron chi connectivity index (χ3n) is 4.00. The fourth-order valence-electron chi connectivity index (χ4n) is 2.95. The average molecular weight is 283 g/mol. The zero-order chi connectivity index (χ0) is 14.8. The summed E-state index contributed by atoms with van der Waals surface area (Å²) in [5.41, 5.74) is 4.01. The maximum Gasteiger partial charge on any atom is 0.254 e. The van der Waals surface area contributed by atoms with Crippen molar-refractivity contribution in [1.82, 2.24) is 4.90 Å². The molecule has 0 N–H and O–H groups in total. The molecule has 1 aliphatic rings. The SMILES string of the molecule is Cc1cccc2c1C(=O)N(CCCc1cccc(F)c1)C2. The van der Waals surface area contributed by atoms with Crippen molar-refractivity contribution in [2.24, 2.45) is 0 Å². The molecule has 0 aliphatic carbocycles. The van der Waals surface area contributed by atoms with Crippen LogP contribution in [0.15, 0.2) is 42.5 Å². The third-order valence-corrected chi connectivity index (χ3v) is 4.00. The Morgan fingerprint density at radius 2 is 2.00 bits per heavy atom. The molecule has 2 aromatic carbocycles. The minimum Gasteiger partial charge on any atom is -0.334 e. The lowest BCUT2D eigenvalue weighted by Crippen LogP contribution is -2.25. The number of aryl methyl sites for hydroxylation is 2. The van der Waals surface area contributed by atoms with Gasteiger partial charge in [0, 0.05) is 18.7 Å². The first-order valence-corrected chi connectivity index (χ1v) is 7.27. The first-order chi connectivity index (χ1) is 10.1. The van der Waals surface area contributed by atoms with Gasteiger partial charge in [0.2, 0.25) is 0 Å². The number of hydrogen-bond acceptors (Lipinski definition) is 1. The number of halogens is 1. The van der Waals surface area contributed by atoms with Gasteiger partial charge >= 0.3 is 0 Å². The van der Waals surface area contributed by atoms with Crippen molar-refractivity contribution in [3.05, 3.63) is 70.5 Å². The van der Waals surface area contributed by atoms with Crippen molar-refractivity contribution in [2.75, 3.05) is 6.54 Å². The predicted octanol–water partition coefficient (Wildman–Crippen LogP) is 3.72. The normalized spacial score (nSPS) is 13.6. The smallest absolute Gasteiger partial charge is 0.254 e. The zero-order valence-corrected chi connectivity index (χ0v) is 12.1. The van der Waals surface area contributed by atoms with Crippen LogP contribution in [0.4, 0.5) is 4.39 Å². The van der Waals surface area contributed by atoms with E-state index in [0.717, 1.165) is 35.1 Å². The highest BCUT2D eigenvalue weighted by Gasteiger charge is 2.27. The fraction of sp³-hybridized carbons (Fsp3) is 0.278. The summed E-state index contributed by atoms with van der Waals surface area (Å²) in [5, 5.41) is 0. The molecule has 0 saturated heterocycles. The Morgan fingerprint density at radius 3 is 2.76 bits per heavy atom. The van der Waals surface area contributed by atoms with Gasteiger partial charge in [0.25, 0.3) is 5.91 Å². The van der Waals surface area contributed by atoms with Gasteiger partial charge in [-0.2, -0.15) is 0 Å². The first kappa shape index (κ1) is 13.8. The fourth-order valence-corrected chi connectivity index (χ4v) is 2.95. The van der Waals surface area contributed by atoms with Gasteiger partial charge < -0.3 is 4.90 Å². The lowest BCUT2D eigenvalue weighted by atomic mass is 10.0. The van der Waals surface area contributed by atoms with Crippen molar-refractivity contribution in [2.45, 2.75) is 26.3 Å². The summed E-state index contributed by atoms with van der Waals surface area (Å²) in [6.07, 6.45) is 1.64. The second-order valence-electron chi connectivity index (χ2n) is 5.57. The highest BCUT2D eigenvalue weighted by molar-refractivity contribution is 5.99. The van der Waals surface area contributed by atoms with Gasteiger partial charge in [0.05, 0.1) is 0 Å². The van der Waals surface area contributed by atoms with Crippen molar-refractivity contribution in [1.29, 1.82) is 0 Å². The van der Waals surface area contributed by atoms with E-state index in [1.54, 1.807) is 12.1 Å². The summed E-state index contributed by atoms with van der Waals surface area (Å²) in [5.74, 6) is -0.0740. The second-order valence-corrected chi connectivity index (χ2v) is 5.57. The molecule has 0 aromatic heterocycles. The molecule has 0 radical (unpaired) electrons. The van der Waals surface area contributed by atoms with E-state index in [2.05, 4.69) is 0 Å². The molecule has 0 fully saturated rings. The highest BCUT2D eigenvalue weighted by Crippen LogP contribution is 2.25. The number of rotatable bonds is 4. The number of fused-ring (bicyclic) bond motifs is 1. The minimum absolute atomic E-state index is 0.127. The Bertz CT molecular complexity index is 681. The Morgan fingerprint density at radius 1 is 1.19 bits per heavy atom. The van der Waals surface area contributed by atoms with Crippen LogP contribution in [-0.4, -0.2) is 17.4 Å². The molecule has 108 valence electrons. The molecular weight excluding hydrogens is 265 g/mol. The van der Waals surface area contributed by atoms with Crippen LogP contribution in [0.5, 0.6) is 0 Å². The Hall–Kier alpha value is -2.16. The van der Waals surface area contributed by atoms with Crippen LogP contribution in [0.1, 0.15) is 33.5 Å². The second kappa shape index (κ2) is 5.68. The molecule has 21 heavy (non-hydrogen) atoms. The number of carbonyl (C=O) groups is 1. The Kier molecular flexibility index (Phi) is 3.74. The lowest BCUT2D eigenvalue weighted by molar-refractivity contribution is 0.0776. The highest BCUT2D eigenvalue weighted by atomic mass is 19.1. The molecule has 0 bridgehead atoms. The Labute approximate surface area is 124 Å². The molecule has 2 nitrogen and oxygen atoms in total. The van der Waals surface area contributed by atoms with E-state index in [4.69, 9.17) is 0 Å². The van der Waals surface area contributed by atoms with E-state index >= 15 is 0 Å². The Balaban J connectivity index is 1.61. The van der Waals surface area contributed by atoms with E-state index in [1.807, 2.05) is 36.1 Å². The van der Waals surface area contributed by atoms with Crippen molar-refractivity contribution < 1.29 is 9.18 Å². The zero-order valence-electron chi connectivity index (χ0n) is 12.1. The molecule has 1 aliphatic heterocycles. The summed E-state index contributed by atoms with van der Waals surface area (Å²) < 4.78 is 13.1. The number of nitrogens with zero attached hydrogens (tertiary/aromatic N) is 1. The topological polar surface area (TPSA) is 20.3 Å². The monoisotopic (exact) mass is 283 g/mol. The van der Waals surface area contributed by atoms with Gasteiger partial charge in [-0.1, -0.05) is 30.3 Å². The summed E-state index contributed by atoms with van der Waals surface area (Å²) in [6.45, 7) is 3.38. The van der Waals surface area contributed by atoms with Crippen LogP contribution in [0.25, 0.3) is 0 Å². The summed E-state index contributed by atoms with van der Waals surface area (Å²) in [7, 11) is 0. The molecule has 0 spiro atoms. The molecule has 0 atom stereocenters. The summed E-state index contributed by atoms with van der Waals surface area (Å²) in [4.78, 5) is 14.3. The molecule has 3 rings (SSSR count). The minimum atomic E-state index is -0.201. The van der Waals surface area contributed by atoms with Crippen molar-refractivity contribution in [3.8, 4) is 0 Å². The standard InChI is InChI=1S/C18H18FNO/c1-13-5-2-8-15-12-20(18(21)17(13)15)10-4-7-14-6-3-9-16(19)11-14/h2-3,5-6,8-9,11H,4,7,10,12H2,1H3. The van der Waals surface area contributed by atoms with Crippen LogP contribution in [0.2, 0.25) is 0 Å². The molecular formula is C18H18FNO. The molecule has 2 aromatic rings. The largest absolute Gasteiger partial charge is 0.334 e. The number of amides is 1. The van der Waals surface area contributed by atoms with Crippen LogP contribution in [0.3, 0.4) is 0 Å². The van der Waals surface area contributed by atoms with Crippen LogP contribution < -0.4 is 0 Å². The van der Waals surface area contributed by atoms with Crippen LogP contribution in [-0.2, 0) is 13.0 Å². The van der Waals surface area contributed by atoms with E-state index in [-0.39, 0.29) is 11.7 Å². The summed E-state index contributed by atoms with van der Waals surface area (Å²) >= 11 is 0. The molecule has 0 unspecified atom stereocenters. The number of benzene rings is 2. The lowest BCUT2D eigenvalue weighted by Gasteiger charge is -2.15. The summed E-state index contributed by atoms with van der Waals surface area (Å²) in [6, 6.07) is 12.7. The van der Waals surface area contributed by atoms with Gasteiger partial charge in [-0.3, -0.25) is 4.79 Å². The van der Waals surface area contributed by atoms with Gasteiger partial charge in [-0.15, -0.1) is 0 Å². The average Bonchev–Trinajstić information content (AvgIpc) is 2.77. The van der Waals surface area contributed by atoms with Gasteiger partial charge in [0.15, 0.2) is 0 Å². The maximum atomic E-state index is 13.1. The maximum absolute atomic E-state index is 13.1. The van der Waals surface area contributed by atoms with Gasteiger partial charge in [-0.05, 0) is 48.6 Å². The van der Waals surface area contributed by atoms with E-state index < -0.39 is 0 Å². The van der Waals surface area contributed by atoms with E-state index in [0.29, 0.717) is 13.1 Å². The number of hydrogen-bond donors (Lipinski definition) is 0. The van der Waals surface area contributed by atoms with Crippen molar-refractivity contribution in [3.63, 3.8) is 0 Å². The first-order valence-electron chi connectivity index (χ1n) is 7.27. The molecule has 0 saturated carbocycles. The van der Waals surface area contributed by atoms with Crippen molar-refractivity contribution >= 4 is 5.91 Å². The predicted molar refractivity (Wildman–Crippen MR) is 80.6 cm³/mol. The molecule has 3 heteroatoms. The number of carbonyl (C=O) groups excluding carboxylic acids is 1. The third kappa shape index (κ3) is 2.82. The van der Waals surface area contributed by atoms with Gasteiger partial charge in [-0.25, -0.2) is 4.39 Å². The van der Waals surface area contributed by atoms with Crippen LogP contribution in [0, 0.1) is 12.7 Å². The van der Waals surface area contributed by atoms with Crippen LogP contribution >= 0.6 is 0 Å². The quantitative estimate of drug-likeness (QED) is 0.837. The molecule has 1 heterocycles. The van der Waals surface area contributed by atoms with E-state index in [1.165, 1.54) is 6.07 Å². The van der Waals surface area contributed by atoms with E-state index in [9.17, 15) is 9.18 Å². The van der Waals surface area contributed by atoms with Gasteiger partial charge in [0.1, 0.15) is 5.82 Å².